The first kappa shape index (κ1) is 15.3. The summed E-state index contributed by atoms with van der Waals surface area (Å²) in [6.45, 7) is 5.85. The van der Waals surface area contributed by atoms with E-state index in [1.807, 2.05) is 13.0 Å². The van der Waals surface area contributed by atoms with Crippen LogP contribution in [0.5, 0.6) is 0 Å². The Bertz CT molecular complexity index is 478. The third-order valence-corrected chi connectivity index (χ3v) is 4.30. The second-order valence-corrected chi connectivity index (χ2v) is 5.94. The van der Waals surface area contributed by atoms with E-state index in [2.05, 4.69) is 22.5 Å². The second-order valence-electron chi connectivity index (χ2n) is 5.59. The van der Waals surface area contributed by atoms with E-state index in [-0.39, 0.29) is 11.3 Å². The molecule has 2 N–H and O–H groups in total. The van der Waals surface area contributed by atoms with E-state index in [4.69, 9.17) is 11.6 Å². The van der Waals surface area contributed by atoms with Crippen molar-refractivity contribution in [3.05, 3.63) is 23.0 Å². The smallest absolute Gasteiger partial charge is 0.230 e. The fourth-order valence-corrected chi connectivity index (χ4v) is 3.02. The molecule has 1 aromatic rings. The maximum atomic E-state index is 12.7. The predicted molar refractivity (Wildman–Crippen MR) is 82.1 cm³/mol. The summed E-state index contributed by atoms with van der Waals surface area (Å²) in [6.07, 6.45) is 5.38. The topological polar surface area (TPSA) is 54.0 Å². The Hall–Kier alpha value is -1.13. The van der Waals surface area contributed by atoms with Gasteiger partial charge in [-0.05, 0) is 50.9 Å². The summed E-state index contributed by atoms with van der Waals surface area (Å²) in [6, 6.07) is 1.87. The number of rotatable bonds is 4. The maximum Gasteiger partial charge on any atom is 0.230 e. The Kier molecular flexibility index (Phi) is 5.00. The molecule has 20 heavy (non-hydrogen) atoms. The van der Waals surface area contributed by atoms with E-state index in [0.29, 0.717) is 10.8 Å². The number of hydrogen-bond donors (Lipinski definition) is 2. The Balaban J connectivity index is 2.18. The molecule has 1 aromatic heterocycles. The third-order valence-electron chi connectivity index (χ3n) is 3.99. The molecule has 1 aliphatic rings. The van der Waals surface area contributed by atoms with Gasteiger partial charge in [-0.25, -0.2) is 4.98 Å². The van der Waals surface area contributed by atoms with Gasteiger partial charge < -0.3 is 10.6 Å². The van der Waals surface area contributed by atoms with E-state index >= 15 is 0 Å². The van der Waals surface area contributed by atoms with Gasteiger partial charge in [0.05, 0.1) is 11.1 Å². The van der Waals surface area contributed by atoms with Gasteiger partial charge in [-0.15, -0.1) is 0 Å². The number of nitrogens with zero attached hydrogens (tertiary/aromatic N) is 1. The monoisotopic (exact) mass is 295 g/mol. The molecule has 0 radical (unpaired) electrons. The van der Waals surface area contributed by atoms with Gasteiger partial charge in [0.2, 0.25) is 5.91 Å². The highest BCUT2D eigenvalue weighted by atomic mass is 35.5. The van der Waals surface area contributed by atoms with Crippen LogP contribution in [0.25, 0.3) is 0 Å². The van der Waals surface area contributed by atoms with Gasteiger partial charge in [0, 0.05) is 6.20 Å². The average molecular weight is 296 g/mol. The van der Waals surface area contributed by atoms with Crippen molar-refractivity contribution in [3.63, 3.8) is 0 Å². The zero-order valence-corrected chi connectivity index (χ0v) is 12.9. The molecule has 4 nitrogen and oxygen atoms in total. The van der Waals surface area contributed by atoms with Gasteiger partial charge in [-0.1, -0.05) is 24.9 Å². The third kappa shape index (κ3) is 3.30. The summed E-state index contributed by atoms with van der Waals surface area (Å²) in [5.41, 5.74) is 1.33. The highest BCUT2D eigenvalue weighted by molar-refractivity contribution is 6.32. The quantitative estimate of drug-likeness (QED) is 0.839. The van der Waals surface area contributed by atoms with Gasteiger partial charge in [-0.3, -0.25) is 4.79 Å². The maximum absolute atomic E-state index is 12.7. The number of piperidine rings is 1. The summed E-state index contributed by atoms with van der Waals surface area (Å²) in [7, 11) is 0. The molecule has 0 spiro atoms. The number of carbonyl (C=O) groups excluding carboxylic acids is 1. The summed E-state index contributed by atoms with van der Waals surface area (Å²) in [4.78, 5) is 16.8. The Morgan fingerprint density at radius 1 is 1.50 bits per heavy atom. The van der Waals surface area contributed by atoms with Crippen molar-refractivity contribution in [1.82, 2.24) is 10.3 Å². The highest BCUT2D eigenvalue weighted by Crippen LogP contribution is 2.36. The van der Waals surface area contributed by atoms with Crippen LogP contribution in [-0.2, 0) is 4.79 Å². The van der Waals surface area contributed by atoms with Crippen LogP contribution in [0.3, 0.4) is 0 Å². The normalized spacial score (nSPS) is 17.8. The molecule has 0 saturated carbocycles. The number of aromatic nitrogens is 1. The summed E-state index contributed by atoms with van der Waals surface area (Å²) < 4.78 is 0. The van der Waals surface area contributed by atoms with E-state index in [0.717, 1.165) is 44.3 Å². The van der Waals surface area contributed by atoms with Crippen molar-refractivity contribution >= 4 is 23.2 Å². The number of aryl methyl sites for hydroxylation is 1. The van der Waals surface area contributed by atoms with Gasteiger partial charge in [0.25, 0.3) is 0 Å². The number of halogens is 1. The molecule has 0 aliphatic carbocycles. The first-order chi connectivity index (χ1) is 9.57. The summed E-state index contributed by atoms with van der Waals surface area (Å²) >= 11 is 6.06. The molecule has 2 rings (SSSR count). The lowest BCUT2D eigenvalue weighted by Gasteiger charge is -2.36. The van der Waals surface area contributed by atoms with Crippen LogP contribution in [0.1, 0.15) is 38.2 Å². The molecule has 2 heterocycles. The van der Waals surface area contributed by atoms with Crippen molar-refractivity contribution in [3.8, 4) is 0 Å². The molecule has 1 amide bonds. The molecule has 0 bridgehead atoms. The Morgan fingerprint density at radius 2 is 2.20 bits per heavy atom. The Labute approximate surface area is 125 Å². The van der Waals surface area contributed by atoms with E-state index in [1.54, 1.807) is 6.20 Å². The number of anilines is 1. The van der Waals surface area contributed by atoms with Crippen LogP contribution in [0.2, 0.25) is 5.15 Å². The molecule has 1 fully saturated rings. The van der Waals surface area contributed by atoms with E-state index in [9.17, 15) is 4.79 Å². The number of hydrogen-bond acceptors (Lipinski definition) is 3. The number of nitrogens with one attached hydrogen (secondary N) is 2. The molecular formula is C15H22ClN3O. The van der Waals surface area contributed by atoms with Gasteiger partial charge in [0.1, 0.15) is 0 Å². The van der Waals surface area contributed by atoms with Gasteiger partial charge in [0.15, 0.2) is 5.15 Å². The fraction of sp³-hybridized carbons (Fsp3) is 0.600. The van der Waals surface area contributed by atoms with Crippen molar-refractivity contribution in [2.24, 2.45) is 5.41 Å². The zero-order valence-electron chi connectivity index (χ0n) is 12.1. The van der Waals surface area contributed by atoms with Crippen LogP contribution in [0, 0.1) is 12.3 Å². The minimum Gasteiger partial charge on any atom is -0.323 e. The molecule has 0 atom stereocenters. The van der Waals surface area contributed by atoms with Crippen LogP contribution in [-0.4, -0.2) is 24.0 Å². The number of amides is 1. The van der Waals surface area contributed by atoms with Crippen LogP contribution in [0.15, 0.2) is 12.3 Å². The van der Waals surface area contributed by atoms with Gasteiger partial charge in [-0.2, -0.15) is 0 Å². The molecule has 5 heteroatoms. The van der Waals surface area contributed by atoms with Crippen molar-refractivity contribution in [1.29, 1.82) is 0 Å². The van der Waals surface area contributed by atoms with Crippen LogP contribution in [0.4, 0.5) is 5.69 Å². The van der Waals surface area contributed by atoms with Crippen molar-refractivity contribution in [2.45, 2.75) is 39.5 Å². The minimum absolute atomic E-state index is 0.0788. The van der Waals surface area contributed by atoms with Crippen molar-refractivity contribution < 1.29 is 4.79 Å². The van der Waals surface area contributed by atoms with Crippen LogP contribution >= 0.6 is 11.6 Å². The molecule has 0 unspecified atom stereocenters. The standard InChI is InChI=1S/C15H22ClN3O/c1-3-4-15(5-7-17-8-6-15)14(20)19-12-9-11(2)10-18-13(12)16/h9-10,17H,3-8H2,1-2H3,(H,19,20). The molecule has 1 aliphatic heterocycles. The summed E-state index contributed by atoms with van der Waals surface area (Å²) in [5, 5.41) is 6.66. The summed E-state index contributed by atoms with van der Waals surface area (Å²) in [5.74, 6) is 0.0788. The second kappa shape index (κ2) is 6.55. The predicted octanol–water partition coefficient (Wildman–Crippen LogP) is 3.15. The zero-order chi connectivity index (χ0) is 14.6. The van der Waals surface area contributed by atoms with Crippen molar-refractivity contribution in [2.75, 3.05) is 18.4 Å². The van der Waals surface area contributed by atoms with Crippen LogP contribution < -0.4 is 10.6 Å². The minimum atomic E-state index is -0.271. The van der Waals surface area contributed by atoms with E-state index in [1.165, 1.54) is 0 Å². The van der Waals surface area contributed by atoms with E-state index < -0.39 is 0 Å². The molecule has 1 saturated heterocycles. The molecular weight excluding hydrogens is 274 g/mol. The lowest BCUT2D eigenvalue weighted by molar-refractivity contribution is -0.127. The SMILES string of the molecule is CCCC1(C(=O)Nc2cc(C)cnc2Cl)CCNCC1. The highest BCUT2D eigenvalue weighted by Gasteiger charge is 2.38. The molecule has 110 valence electrons. The molecule has 0 aromatic carbocycles. The fourth-order valence-electron chi connectivity index (χ4n) is 2.87. The number of pyridine rings is 1. The number of carbonyl (C=O) groups is 1. The Morgan fingerprint density at radius 3 is 2.85 bits per heavy atom. The lowest BCUT2D eigenvalue weighted by Crippen LogP contribution is -2.44. The first-order valence-electron chi connectivity index (χ1n) is 7.22. The average Bonchev–Trinajstić information content (AvgIpc) is 2.44. The first-order valence-corrected chi connectivity index (χ1v) is 7.59. The lowest BCUT2D eigenvalue weighted by atomic mass is 9.74. The largest absolute Gasteiger partial charge is 0.323 e. The van der Waals surface area contributed by atoms with Gasteiger partial charge >= 0.3 is 0 Å².